The van der Waals surface area contributed by atoms with E-state index in [1.165, 1.54) is 5.56 Å². The third-order valence-electron chi connectivity index (χ3n) is 3.20. The monoisotopic (exact) mass is 217 g/mol. The van der Waals surface area contributed by atoms with Crippen LogP contribution in [0.4, 0.5) is 0 Å². The topological polar surface area (TPSA) is 29.1 Å². The fourth-order valence-corrected chi connectivity index (χ4v) is 2.22. The molecule has 1 aromatic carbocycles. The smallest absolute Gasteiger partial charge is 0.137 e. The molecule has 1 N–H and O–H groups in total. The van der Waals surface area contributed by atoms with Crippen molar-refractivity contribution in [2.75, 3.05) is 13.1 Å². The van der Waals surface area contributed by atoms with E-state index in [2.05, 4.69) is 36.5 Å². The largest absolute Gasteiger partial charge is 0.316 e. The normalized spacial score (nSPS) is 19.9. The molecule has 1 saturated heterocycles. The molecule has 1 aromatic rings. The number of nitrogens with one attached hydrogen (secondary N) is 1. The predicted molar refractivity (Wildman–Crippen MR) is 65.5 cm³/mol. The third-order valence-corrected chi connectivity index (χ3v) is 3.20. The molecule has 0 bridgehead atoms. The zero-order valence-corrected chi connectivity index (χ0v) is 9.83. The minimum atomic E-state index is 0.373. The van der Waals surface area contributed by atoms with Crippen molar-refractivity contribution in [1.29, 1.82) is 0 Å². The van der Waals surface area contributed by atoms with Crippen LogP contribution in [0.25, 0.3) is 0 Å². The summed E-state index contributed by atoms with van der Waals surface area (Å²) in [7, 11) is 0. The van der Waals surface area contributed by atoms with Gasteiger partial charge in [-0.25, -0.2) is 0 Å². The van der Waals surface area contributed by atoms with Crippen molar-refractivity contribution < 1.29 is 4.79 Å². The predicted octanol–water partition coefficient (Wildman–Crippen LogP) is 2.11. The van der Waals surface area contributed by atoms with Gasteiger partial charge in [0.05, 0.1) is 0 Å². The van der Waals surface area contributed by atoms with Gasteiger partial charge in [0.2, 0.25) is 0 Å². The van der Waals surface area contributed by atoms with Gasteiger partial charge in [-0.3, -0.25) is 4.79 Å². The summed E-state index contributed by atoms with van der Waals surface area (Å²) in [6, 6.07) is 8.25. The number of Topliss-reactive ketones (excluding diaryl/α,β-unsaturated/α-hetero) is 1. The van der Waals surface area contributed by atoms with Crippen LogP contribution in [0, 0.1) is 12.8 Å². The summed E-state index contributed by atoms with van der Waals surface area (Å²) >= 11 is 0. The molecule has 1 atom stereocenters. The first-order valence-electron chi connectivity index (χ1n) is 6.02. The maximum atomic E-state index is 11.8. The Morgan fingerprint density at radius 2 is 2.12 bits per heavy atom. The molecule has 0 aromatic heterocycles. The quantitative estimate of drug-likeness (QED) is 0.837. The fraction of sp³-hybridized carbons (Fsp3) is 0.500. The second-order valence-electron chi connectivity index (χ2n) is 4.76. The number of carbonyl (C=O) groups excluding carboxylic acids is 1. The molecular weight excluding hydrogens is 198 g/mol. The number of carbonyl (C=O) groups is 1. The van der Waals surface area contributed by atoms with E-state index in [0.717, 1.165) is 31.5 Å². The van der Waals surface area contributed by atoms with Crippen molar-refractivity contribution in [3.05, 3.63) is 35.4 Å². The molecule has 1 unspecified atom stereocenters. The Labute approximate surface area is 97.1 Å². The Bertz CT molecular complexity index is 350. The Kier molecular flexibility index (Phi) is 3.73. The van der Waals surface area contributed by atoms with Gasteiger partial charge in [0.1, 0.15) is 5.78 Å². The minimum absolute atomic E-state index is 0.373. The molecule has 1 heterocycles. The number of rotatable bonds is 4. The van der Waals surface area contributed by atoms with Crippen LogP contribution >= 0.6 is 0 Å². The summed E-state index contributed by atoms with van der Waals surface area (Å²) in [6.45, 7) is 4.15. The van der Waals surface area contributed by atoms with E-state index in [4.69, 9.17) is 0 Å². The Balaban J connectivity index is 1.84. The molecule has 16 heavy (non-hydrogen) atoms. The molecule has 0 spiro atoms. The highest BCUT2D eigenvalue weighted by atomic mass is 16.1. The zero-order chi connectivity index (χ0) is 11.4. The molecule has 1 aliphatic rings. The van der Waals surface area contributed by atoms with Crippen molar-refractivity contribution >= 4 is 5.78 Å². The second-order valence-corrected chi connectivity index (χ2v) is 4.76. The number of hydrogen-bond donors (Lipinski definition) is 1. The molecule has 2 heteroatoms. The van der Waals surface area contributed by atoms with E-state index >= 15 is 0 Å². The molecule has 0 amide bonds. The van der Waals surface area contributed by atoms with Crippen molar-refractivity contribution in [2.24, 2.45) is 5.92 Å². The number of benzene rings is 1. The summed E-state index contributed by atoms with van der Waals surface area (Å²) in [5.74, 6) is 0.940. The van der Waals surface area contributed by atoms with Crippen LogP contribution in [0.5, 0.6) is 0 Å². The summed E-state index contributed by atoms with van der Waals surface area (Å²) in [4.78, 5) is 11.8. The summed E-state index contributed by atoms with van der Waals surface area (Å²) < 4.78 is 0. The Morgan fingerprint density at radius 1 is 1.38 bits per heavy atom. The fourth-order valence-electron chi connectivity index (χ4n) is 2.22. The second kappa shape index (κ2) is 5.26. The van der Waals surface area contributed by atoms with Gasteiger partial charge in [-0.1, -0.05) is 29.8 Å². The first-order chi connectivity index (χ1) is 7.74. The van der Waals surface area contributed by atoms with Gasteiger partial charge in [0, 0.05) is 12.8 Å². The van der Waals surface area contributed by atoms with Gasteiger partial charge in [0.15, 0.2) is 0 Å². The molecule has 1 fully saturated rings. The lowest BCUT2D eigenvalue weighted by molar-refractivity contribution is -0.119. The maximum Gasteiger partial charge on any atom is 0.137 e. The van der Waals surface area contributed by atoms with E-state index in [0.29, 0.717) is 18.1 Å². The Hall–Kier alpha value is -1.15. The summed E-state index contributed by atoms with van der Waals surface area (Å²) in [5.41, 5.74) is 2.39. The minimum Gasteiger partial charge on any atom is -0.316 e. The van der Waals surface area contributed by atoms with Crippen molar-refractivity contribution in [3.8, 4) is 0 Å². The van der Waals surface area contributed by atoms with Gasteiger partial charge in [-0.05, 0) is 37.9 Å². The van der Waals surface area contributed by atoms with E-state index in [-0.39, 0.29) is 0 Å². The van der Waals surface area contributed by atoms with Crippen LogP contribution in [-0.2, 0) is 11.2 Å². The SMILES string of the molecule is Cc1ccc(CC(=O)CC2CCNC2)cc1. The van der Waals surface area contributed by atoms with Gasteiger partial charge in [-0.15, -0.1) is 0 Å². The van der Waals surface area contributed by atoms with Crippen LogP contribution in [0.15, 0.2) is 24.3 Å². The first kappa shape index (κ1) is 11.3. The average molecular weight is 217 g/mol. The highest BCUT2D eigenvalue weighted by Gasteiger charge is 2.17. The lowest BCUT2D eigenvalue weighted by atomic mass is 9.97. The van der Waals surface area contributed by atoms with Crippen molar-refractivity contribution in [1.82, 2.24) is 5.32 Å². The number of aryl methyl sites for hydroxylation is 1. The van der Waals surface area contributed by atoms with Gasteiger partial charge in [0.25, 0.3) is 0 Å². The van der Waals surface area contributed by atoms with Crippen LogP contribution in [0.1, 0.15) is 24.0 Å². The van der Waals surface area contributed by atoms with Crippen LogP contribution in [-0.4, -0.2) is 18.9 Å². The molecular formula is C14H19NO. The third kappa shape index (κ3) is 3.17. The van der Waals surface area contributed by atoms with E-state index in [1.54, 1.807) is 0 Å². The lowest BCUT2D eigenvalue weighted by Crippen LogP contribution is -2.14. The van der Waals surface area contributed by atoms with Gasteiger partial charge >= 0.3 is 0 Å². The molecule has 86 valence electrons. The average Bonchev–Trinajstić information content (AvgIpc) is 2.74. The van der Waals surface area contributed by atoms with E-state index in [9.17, 15) is 4.79 Å². The Morgan fingerprint density at radius 3 is 2.75 bits per heavy atom. The number of ketones is 1. The zero-order valence-electron chi connectivity index (χ0n) is 9.83. The standard InChI is InChI=1S/C14H19NO/c1-11-2-4-12(5-3-11)8-14(16)9-13-6-7-15-10-13/h2-5,13,15H,6-10H2,1H3. The van der Waals surface area contributed by atoms with Crippen molar-refractivity contribution in [3.63, 3.8) is 0 Å². The number of hydrogen-bond acceptors (Lipinski definition) is 2. The molecule has 2 nitrogen and oxygen atoms in total. The highest BCUT2D eigenvalue weighted by Crippen LogP contribution is 2.14. The van der Waals surface area contributed by atoms with Crippen LogP contribution in [0.3, 0.4) is 0 Å². The van der Waals surface area contributed by atoms with Crippen LogP contribution in [0.2, 0.25) is 0 Å². The lowest BCUT2D eigenvalue weighted by Gasteiger charge is -2.07. The summed E-state index contributed by atoms with van der Waals surface area (Å²) in [5, 5.41) is 3.30. The maximum absolute atomic E-state index is 11.8. The first-order valence-corrected chi connectivity index (χ1v) is 6.02. The van der Waals surface area contributed by atoms with Crippen LogP contribution < -0.4 is 5.32 Å². The molecule has 0 saturated carbocycles. The van der Waals surface area contributed by atoms with Crippen molar-refractivity contribution in [2.45, 2.75) is 26.2 Å². The molecule has 1 aliphatic heterocycles. The molecule has 0 radical (unpaired) electrons. The highest BCUT2D eigenvalue weighted by molar-refractivity contribution is 5.81. The molecule has 0 aliphatic carbocycles. The van der Waals surface area contributed by atoms with E-state index in [1.807, 2.05) is 0 Å². The molecule has 2 rings (SSSR count). The summed E-state index contributed by atoms with van der Waals surface area (Å²) in [6.07, 6.45) is 2.48. The van der Waals surface area contributed by atoms with E-state index < -0.39 is 0 Å². The van der Waals surface area contributed by atoms with Gasteiger partial charge < -0.3 is 5.32 Å². The van der Waals surface area contributed by atoms with Gasteiger partial charge in [-0.2, -0.15) is 0 Å².